The second kappa shape index (κ2) is 10.9. The lowest BCUT2D eigenvalue weighted by Gasteiger charge is -2.11. The number of Topliss-reactive ketones (excluding diaryl/α,β-unsaturated/α-hetero) is 1. The smallest absolute Gasteiger partial charge is 0.161 e. The average Bonchev–Trinajstić information content (AvgIpc) is 2.48. The zero-order chi connectivity index (χ0) is 15.3. The number of ketones is 1. The van der Waals surface area contributed by atoms with E-state index in [0.717, 1.165) is 24.5 Å². The molecule has 1 aromatic carbocycles. The Morgan fingerprint density at radius 1 is 1.19 bits per heavy atom. The average molecular weight is 293 g/mol. The molecule has 0 saturated carbocycles. The van der Waals surface area contributed by atoms with E-state index in [1.807, 2.05) is 31.2 Å². The topological polar surface area (TPSA) is 64.6 Å². The molecule has 0 aliphatic rings. The molecule has 0 spiro atoms. The highest BCUT2D eigenvalue weighted by atomic mass is 16.5. The summed E-state index contributed by atoms with van der Waals surface area (Å²) in [4.78, 5) is 21.3. The van der Waals surface area contributed by atoms with Crippen LogP contribution < -0.4 is 14.8 Å². The third-order valence-electron chi connectivity index (χ3n) is 2.81. The Balaban J connectivity index is 2.11. The molecule has 21 heavy (non-hydrogen) atoms. The van der Waals surface area contributed by atoms with Gasteiger partial charge in [0, 0.05) is 13.0 Å². The van der Waals surface area contributed by atoms with Crippen molar-refractivity contribution in [1.82, 2.24) is 5.32 Å². The number of hydrogen-bond acceptors (Lipinski definition) is 5. The first kappa shape index (κ1) is 17.2. The molecule has 0 atom stereocenters. The number of nitrogens with one attached hydrogen (secondary N) is 1. The van der Waals surface area contributed by atoms with Gasteiger partial charge in [0.2, 0.25) is 0 Å². The summed E-state index contributed by atoms with van der Waals surface area (Å²) in [6, 6.07) is 7.57. The Morgan fingerprint density at radius 2 is 1.90 bits per heavy atom. The third kappa shape index (κ3) is 7.46. The van der Waals surface area contributed by atoms with Crippen molar-refractivity contribution < 1.29 is 19.1 Å². The van der Waals surface area contributed by atoms with Crippen molar-refractivity contribution >= 4 is 12.1 Å². The van der Waals surface area contributed by atoms with Crippen LogP contribution in [0.3, 0.4) is 0 Å². The van der Waals surface area contributed by atoms with Gasteiger partial charge in [-0.05, 0) is 32.0 Å². The maximum atomic E-state index is 11.1. The van der Waals surface area contributed by atoms with E-state index in [4.69, 9.17) is 9.47 Å². The predicted molar refractivity (Wildman–Crippen MR) is 80.9 cm³/mol. The van der Waals surface area contributed by atoms with Gasteiger partial charge in [-0.1, -0.05) is 12.1 Å². The van der Waals surface area contributed by atoms with Crippen LogP contribution in [-0.4, -0.2) is 38.4 Å². The van der Waals surface area contributed by atoms with Gasteiger partial charge < -0.3 is 19.6 Å². The number of aldehydes is 1. The minimum absolute atomic E-state index is 0.00584. The Hall–Kier alpha value is -1.88. The highest BCUT2D eigenvalue weighted by Crippen LogP contribution is 2.25. The largest absolute Gasteiger partial charge is 0.490 e. The molecule has 0 amide bonds. The first-order valence-corrected chi connectivity index (χ1v) is 7.28. The fraction of sp³-hybridized carbons (Fsp3) is 0.500. The van der Waals surface area contributed by atoms with Gasteiger partial charge in [-0.3, -0.25) is 4.79 Å². The molecule has 1 N–H and O–H groups in total. The monoisotopic (exact) mass is 293 g/mol. The normalized spacial score (nSPS) is 10.1. The molecule has 0 radical (unpaired) electrons. The van der Waals surface area contributed by atoms with Crippen molar-refractivity contribution in [3.8, 4) is 11.5 Å². The quantitative estimate of drug-likeness (QED) is 0.363. The highest BCUT2D eigenvalue weighted by Gasteiger charge is 2.03. The van der Waals surface area contributed by atoms with E-state index in [-0.39, 0.29) is 12.2 Å². The van der Waals surface area contributed by atoms with E-state index in [0.29, 0.717) is 32.5 Å². The molecule has 0 fully saturated rings. The van der Waals surface area contributed by atoms with Gasteiger partial charge in [0.05, 0.1) is 13.0 Å². The van der Waals surface area contributed by atoms with Gasteiger partial charge >= 0.3 is 0 Å². The van der Waals surface area contributed by atoms with Crippen molar-refractivity contribution in [2.24, 2.45) is 0 Å². The molecule has 0 unspecified atom stereocenters. The van der Waals surface area contributed by atoms with Crippen molar-refractivity contribution in [2.45, 2.75) is 26.2 Å². The van der Waals surface area contributed by atoms with E-state index in [1.165, 1.54) is 0 Å². The summed E-state index contributed by atoms with van der Waals surface area (Å²) >= 11 is 0. The number of hydrogen-bond donors (Lipinski definition) is 1. The van der Waals surface area contributed by atoms with E-state index in [1.54, 1.807) is 0 Å². The number of carbonyl (C=O) groups excluding carboxylic acids is 2. The molecular weight excluding hydrogens is 270 g/mol. The van der Waals surface area contributed by atoms with Gasteiger partial charge in [-0.2, -0.15) is 0 Å². The number of para-hydroxylation sites is 2. The fourth-order valence-electron chi connectivity index (χ4n) is 1.81. The van der Waals surface area contributed by atoms with E-state index in [2.05, 4.69) is 5.32 Å². The highest BCUT2D eigenvalue weighted by molar-refractivity contribution is 5.89. The molecule has 0 aliphatic carbocycles. The molecule has 0 bridgehead atoms. The predicted octanol–water partition coefficient (Wildman–Crippen LogP) is 1.99. The summed E-state index contributed by atoms with van der Waals surface area (Å²) in [6.07, 6.45) is 1.86. The number of ether oxygens (including phenoxy) is 2. The first-order chi connectivity index (χ1) is 10.3. The molecule has 1 rings (SSSR count). The Bertz CT molecular complexity index is 434. The Labute approximate surface area is 125 Å². The SMILES string of the molecule is CCOc1ccccc1OCCNCCCC(=O)CC=O. The number of carbonyl (C=O) groups is 2. The molecule has 0 saturated heterocycles. The Morgan fingerprint density at radius 3 is 2.57 bits per heavy atom. The van der Waals surface area contributed by atoms with Crippen LogP contribution in [0.25, 0.3) is 0 Å². The van der Waals surface area contributed by atoms with E-state index in [9.17, 15) is 9.59 Å². The molecule has 0 aromatic heterocycles. The lowest BCUT2D eigenvalue weighted by Crippen LogP contribution is -2.22. The summed E-state index contributed by atoms with van der Waals surface area (Å²) in [6.45, 7) is 4.51. The van der Waals surface area contributed by atoms with Crippen LogP contribution in [0.5, 0.6) is 11.5 Å². The van der Waals surface area contributed by atoms with Crippen molar-refractivity contribution in [2.75, 3.05) is 26.3 Å². The van der Waals surface area contributed by atoms with Gasteiger partial charge in [0.15, 0.2) is 11.5 Å². The Kier molecular flexibility index (Phi) is 8.88. The lowest BCUT2D eigenvalue weighted by atomic mass is 10.2. The minimum Gasteiger partial charge on any atom is -0.490 e. The molecule has 5 heteroatoms. The van der Waals surface area contributed by atoms with Crippen molar-refractivity contribution in [3.05, 3.63) is 24.3 Å². The molecular formula is C16H23NO4. The standard InChI is InChI=1S/C16H23NO4/c1-2-20-15-7-3-4-8-16(15)21-13-11-17-10-5-6-14(19)9-12-18/h3-4,7-8,12,17H,2,5-6,9-11,13H2,1H3. The van der Waals surface area contributed by atoms with Gasteiger partial charge in [-0.25, -0.2) is 0 Å². The maximum Gasteiger partial charge on any atom is 0.161 e. The second-order valence-corrected chi connectivity index (χ2v) is 4.49. The minimum atomic E-state index is -0.00584. The number of rotatable bonds is 12. The van der Waals surface area contributed by atoms with Crippen LogP contribution in [0.2, 0.25) is 0 Å². The fourth-order valence-corrected chi connectivity index (χ4v) is 1.81. The van der Waals surface area contributed by atoms with Gasteiger partial charge in [0.25, 0.3) is 0 Å². The molecule has 5 nitrogen and oxygen atoms in total. The molecule has 1 aromatic rings. The first-order valence-electron chi connectivity index (χ1n) is 7.28. The van der Waals surface area contributed by atoms with Gasteiger partial charge in [0.1, 0.15) is 18.7 Å². The van der Waals surface area contributed by atoms with Crippen LogP contribution in [-0.2, 0) is 9.59 Å². The maximum absolute atomic E-state index is 11.1. The van der Waals surface area contributed by atoms with Crippen molar-refractivity contribution in [1.29, 1.82) is 0 Å². The van der Waals surface area contributed by atoms with Crippen molar-refractivity contribution in [3.63, 3.8) is 0 Å². The van der Waals surface area contributed by atoms with Gasteiger partial charge in [-0.15, -0.1) is 0 Å². The second-order valence-electron chi connectivity index (χ2n) is 4.49. The zero-order valence-corrected chi connectivity index (χ0v) is 12.5. The van der Waals surface area contributed by atoms with Crippen LogP contribution >= 0.6 is 0 Å². The lowest BCUT2D eigenvalue weighted by molar-refractivity contribution is -0.122. The van der Waals surface area contributed by atoms with Crippen LogP contribution in [0.15, 0.2) is 24.3 Å². The third-order valence-corrected chi connectivity index (χ3v) is 2.81. The molecule has 0 heterocycles. The summed E-state index contributed by atoms with van der Waals surface area (Å²) in [5.41, 5.74) is 0. The molecule has 116 valence electrons. The summed E-state index contributed by atoms with van der Waals surface area (Å²) < 4.78 is 11.1. The summed E-state index contributed by atoms with van der Waals surface area (Å²) in [7, 11) is 0. The van der Waals surface area contributed by atoms with E-state index >= 15 is 0 Å². The molecule has 0 aliphatic heterocycles. The van der Waals surface area contributed by atoms with Crippen LogP contribution in [0.4, 0.5) is 0 Å². The van der Waals surface area contributed by atoms with Crippen LogP contribution in [0.1, 0.15) is 26.2 Å². The summed E-state index contributed by atoms with van der Waals surface area (Å²) in [5.74, 6) is 1.48. The zero-order valence-electron chi connectivity index (χ0n) is 12.5. The summed E-state index contributed by atoms with van der Waals surface area (Å²) in [5, 5.41) is 3.20. The number of benzene rings is 1. The van der Waals surface area contributed by atoms with E-state index < -0.39 is 0 Å². The van der Waals surface area contributed by atoms with Crippen LogP contribution in [0, 0.1) is 0 Å².